The minimum absolute atomic E-state index is 0.224. The molecule has 7 heteroatoms. The lowest BCUT2D eigenvalue weighted by atomic mass is 9.64. The topological polar surface area (TPSA) is 67.1 Å². The first-order valence-corrected chi connectivity index (χ1v) is 10.0. The first-order chi connectivity index (χ1) is 12.7. The molecular formula is C19H27BrN6. The van der Waals surface area contributed by atoms with E-state index in [-0.39, 0.29) is 5.41 Å². The third-order valence-electron chi connectivity index (χ3n) is 5.24. The summed E-state index contributed by atoms with van der Waals surface area (Å²) in [5.41, 5.74) is 1.63. The maximum Gasteiger partial charge on any atom is 0.191 e. The fourth-order valence-electron chi connectivity index (χ4n) is 3.48. The zero-order valence-corrected chi connectivity index (χ0v) is 17.1. The summed E-state index contributed by atoms with van der Waals surface area (Å²) in [5.74, 6) is 1.86. The van der Waals surface area contributed by atoms with Crippen LogP contribution < -0.4 is 10.6 Å². The van der Waals surface area contributed by atoms with Gasteiger partial charge in [0.1, 0.15) is 12.2 Å². The number of benzene rings is 1. The maximum absolute atomic E-state index is 4.37. The zero-order chi connectivity index (χ0) is 18.4. The Morgan fingerprint density at radius 3 is 2.65 bits per heavy atom. The van der Waals surface area contributed by atoms with Gasteiger partial charge in [0.15, 0.2) is 5.96 Å². The van der Waals surface area contributed by atoms with E-state index in [1.54, 1.807) is 6.33 Å². The van der Waals surface area contributed by atoms with Gasteiger partial charge >= 0.3 is 0 Å². The van der Waals surface area contributed by atoms with Crippen molar-refractivity contribution >= 4 is 21.9 Å². The largest absolute Gasteiger partial charge is 0.356 e. The summed E-state index contributed by atoms with van der Waals surface area (Å²) in [6, 6.07) is 8.73. The molecule has 1 aromatic heterocycles. The van der Waals surface area contributed by atoms with Gasteiger partial charge in [0, 0.05) is 43.0 Å². The number of nitrogens with one attached hydrogen (secondary N) is 2. The molecule has 0 spiro atoms. The quantitative estimate of drug-likeness (QED) is 0.535. The molecule has 0 bridgehead atoms. The minimum atomic E-state index is 0.224. The highest BCUT2D eigenvalue weighted by Crippen LogP contribution is 2.43. The summed E-state index contributed by atoms with van der Waals surface area (Å²) >= 11 is 3.52. The molecule has 0 radical (unpaired) electrons. The van der Waals surface area contributed by atoms with Crippen molar-refractivity contribution in [3.05, 3.63) is 46.5 Å². The second-order valence-electron chi connectivity index (χ2n) is 6.79. The predicted molar refractivity (Wildman–Crippen MR) is 108 cm³/mol. The Morgan fingerprint density at radius 2 is 2.04 bits per heavy atom. The Morgan fingerprint density at radius 1 is 1.27 bits per heavy atom. The molecule has 1 aromatic carbocycles. The van der Waals surface area contributed by atoms with Crippen molar-refractivity contribution in [1.29, 1.82) is 0 Å². The number of aromatic nitrogens is 3. The molecule has 0 atom stereocenters. The van der Waals surface area contributed by atoms with Crippen molar-refractivity contribution in [3.8, 4) is 0 Å². The Balaban J connectivity index is 1.52. The molecule has 0 aliphatic heterocycles. The van der Waals surface area contributed by atoms with Crippen LogP contribution in [0.25, 0.3) is 0 Å². The Hall–Kier alpha value is -1.89. The van der Waals surface area contributed by atoms with Crippen LogP contribution in [0.1, 0.15) is 37.6 Å². The van der Waals surface area contributed by atoms with Gasteiger partial charge in [0.2, 0.25) is 0 Å². The first-order valence-electron chi connectivity index (χ1n) is 9.24. The lowest BCUT2D eigenvalue weighted by molar-refractivity contribution is 0.244. The molecule has 1 aliphatic carbocycles. The van der Waals surface area contributed by atoms with Crippen LogP contribution in [-0.4, -0.2) is 40.9 Å². The van der Waals surface area contributed by atoms with Crippen LogP contribution in [0.4, 0.5) is 0 Å². The van der Waals surface area contributed by atoms with Gasteiger partial charge in [0.25, 0.3) is 0 Å². The van der Waals surface area contributed by atoms with Crippen molar-refractivity contribution in [2.24, 2.45) is 4.99 Å². The van der Waals surface area contributed by atoms with Crippen LogP contribution in [0.5, 0.6) is 0 Å². The molecule has 3 rings (SSSR count). The smallest absolute Gasteiger partial charge is 0.191 e. The minimum Gasteiger partial charge on any atom is -0.356 e. The highest BCUT2D eigenvalue weighted by molar-refractivity contribution is 9.10. The van der Waals surface area contributed by atoms with E-state index in [0.29, 0.717) is 0 Å². The Labute approximate surface area is 163 Å². The highest BCUT2D eigenvalue weighted by atomic mass is 79.9. The average molecular weight is 419 g/mol. The molecule has 1 heterocycles. The predicted octanol–water partition coefficient (Wildman–Crippen LogP) is 2.89. The molecule has 1 fully saturated rings. The molecule has 1 saturated carbocycles. The highest BCUT2D eigenvalue weighted by Gasteiger charge is 2.38. The van der Waals surface area contributed by atoms with Gasteiger partial charge in [0.05, 0.1) is 0 Å². The molecular weight excluding hydrogens is 392 g/mol. The number of rotatable bonds is 7. The number of aliphatic imine (C=N–C) groups is 1. The second-order valence-corrected chi connectivity index (χ2v) is 7.70. The van der Waals surface area contributed by atoms with E-state index in [2.05, 4.69) is 77.5 Å². The third-order valence-corrected chi connectivity index (χ3v) is 5.77. The van der Waals surface area contributed by atoms with Gasteiger partial charge < -0.3 is 15.2 Å². The van der Waals surface area contributed by atoms with Crippen molar-refractivity contribution in [2.75, 3.05) is 20.1 Å². The number of nitrogens with zero attached hydrogens (tertiary/aromatic N) is 4. The summed E-state index contributed by atoms with van der Waals surface area (Å²) in [6.07, 6.45) is 6.41. The van der Waals surface area contributed by atoms with E-state index in [0.717, 1.165) is 42.3 Å². The molecule has 1 aliphatic rings. The molecule has 2 N–H and O–H groups in total. The van der Waals surface area contributed by atoms with Gasteiger partial charge in [-0.25, -0.2) is 0 Å². The summed E-state index contributed by atoms with van der Waals surface area (Å²) in [7, 11) is 1.82. The number of hydrogen-bond donors (Lipinski definition) is 2. The number of guanidine groups is 1. The molecule has 2 aromatic rings. The van der Waals surface area contributed by atoms with Crippen LogP contribution in [-0.2, 0) is 18.4 Å². The number of hydrogen-bond acceptors (Lipinski definition) is 3. The first kappa shape index (κ1) is 18.9. The molecule has 140 valence electrons. The van der Waals surface area contributed by atoms with Crippen LogP contribution in [0, 0.1) is 0 Å². The molecule has 6 nitrogen and oxygen atoms in total. The SMILES string of the molecule is CCc1nncn1CCNC(=NC)NCC1(c2ccc(Br)cc2)CCC1. The van der Waals surface area contributed by atoms with Gasteiger partial charge in [-0.15, -0.1) is 10.2 Å². The van der Waals surface area contributed by atoms with E-state index >= 15 is 0 Å². The third kappa shape index (κ3) is 4.26. The number of aryl methyl sites for hydroxylation is 1. The van der Waals surface area contributed by atoms with Gasteiger partial charge in [-0.05, 0) is 30.5 Å². The molecule has 0 saturated heterocycles. The van der Waals surface area contributed by atoms with E-state index in [1.165, 1.54) is 24.8 Å². The Bertz CT molecular complexity index is 733. The second kappa shape index (κ2) is 8.66. The standard InChI is InChI=1S/C19H27BrN6/c1-3-17-25-24-14-26(17)12-11-22-18(21-2)23-13-19(9-4-10-19)15-5-7-16(20)8-6-15/h5-8,14H,3-4,9-13H2,1-2H3,(H2,21,22,23). The summed E-state index contributed by atoms with van der Waals surface area (Å²) < 4.78 is 3.21. The van der Waals surface area contributed by atoms with Crippen molar-refractivity contribution < 1.29 is 0 Å². The van der Waals surface area contributed by atoms with E-state index in [9.17, 15) is 0 Å². The van der Waals surface area contributed by atoms with Crippen LogP contribution in [0.3, 0.4) is 0 Å². The van der Waals surface area contributed by atoms with Crippen molar-refractivity contribution in [2.45, 2.75) is 44.6 Å². The Kier molecular flexibility index (Phi) is 6.29. The fraction of sp³-hybridized carbons (Fsp3) is 0.526. The number of halogens is 1. The normalized spacial score (nSPS) is 16.2. The van der Waals surface area contributed by atoms with E-state index < -0.39 is 0 Å². The average Bonchev–Trinajstić information content (AvgIpc) is 3.08. The van der Waals surface area contributed by atoms with Gasteiger partial charge in [-0.3, -0.25) is 4.99 Å². The van der Waals surface area contributed by atoms with Crippen molar-refractivity contribution in [1.82, 2.24) is 25.4 Å². The lowest BCUT2D eigenvalue weighted by Gasteiger charge is -2.43. The molecule has 26 heavy (non-hydrogen) atoms. The van der Waals surface area contributed by atoms with E-state index in [4.69, 9.17) is 0 Å². The molecule has 0 amide bonds. The van der Waals surface area contributed by atoms with Crippen LogP contribution in [0.2, 0.25) is 0 Å². The lowest BCUT2D eigenvalue weighted by Crippen LogP contribution is -2.49. The van der Waals surface area contributed by atoms with E-state index in [1.807, 2.05) is 7.05 Å². The fourth-order valence-corrected chi connectivity index (χ4v) is 3.75. The van der Waals surface area contributed by atoms with Crippen LogP contribution in [0.15, 0.2) is 40.1 Å². The summed E-state index contributed by atoms with van der Waals surface area (Å²) in [6.45, 7) is 4.61. The van der Waals surface area contributed by atoms with Gasteiger partial charge in [-0.1, -0.05) is 41.4 Å². The summed E-state index contributed by atoms with van der Waals surface area (Å²) in [5, 5.41) is 15.0. The molecule has 0 unspecified atom stereocenters. The monoisotopic (exact) mass is 418 g/mol. The maximum atomic E-state index is 4.37. The van der Waals surface area contributed by atoms with Crippen LogP contribution >= 0.6 is 15.9 Å². The summed E-state index contributed by atoms with van der Waals surface area (Å²) in [4.78, 5) is 4.37. The van der Waals surface area contributed by atoms with Gasteiger partial charge in [-0.2, -0.15) is 0 Å². The zero-order valence-electron chi connectivity index (χ0n) is 15.5. The van der Waals surface area contributed by atoms with Crippen molar-refractivity contribution in [3.63, 3.8) is 0 Å².